The van der Waals surface area contributed by atoms with E-state index in [0.29, 0.717) is 0 Å². The van der Waals surface area contributed by atoms with E-state index in [2.05, 4.69) is 5.32 Å². The molecule has 1 atom stereocenters. The fourth-order valence-corrected chi connectivity index (χ4v) is 2.58. The second kappa shape index (κ2) is 7.25. The van der Waals surface area contributed by atoms with Crippen LogP contribution in [0.4, 0.5) is 0 Å². The van der Waals surface area contributed by atoms with Crippen molar-refractivity contribution in [2.45, 2.75) is 32.1 Å². The molecule has 2 aliphatic heterocycles. The van der Waals surface area contributed by atoms with E-state index in [1.807, 2.05) is 0 Å². The van der Waals surface area contributed by atoms with Crippen molar-refractivity contribution in [3.05, 3.63) is 0 Å². The monoisotopic (exact) mass is 227 g/mol. The van der Waals surface area contributed by atoms with Crippen molar-refractivity contribution in [2.75, 3.05) is 39.5 Å². The molecule has 2 heterocycles. The van der Waals surface area contributed by atoms with E-state index in [-0.39, 0.29) is 0 Å². The molecule has 0 aromatic carbocycles. The smallest absolute Gasteiger partial charge is 0.0495 e. The third-order valence-electron chi connectivity index (χ3n) is 3.76. The van der Waals surface area contributed by atoms with Crippen LogP contribution in [0, 0.1) is 11.8 Å². The number of rotatable bonds is 5. The van der Waals surface area contributed by atoms with Crippen LogP contribution >= 0.6 is 0 Å². The van der Waals surface area contributed by atoms with Crippen LogP contribution in [0.25, 0.3) is 0 Å². The molecule has 2 rings (SSSR count). The van der Waals surface area contributed by atoms with Crippen LogP contribution in [0.3, 0.4) is 0 Å². The molecule has 0 saturated carbocycles. The lowest BCUT2D eigenvalue weighted by molar-refractivity contribution is 0.0171. The van der Waals surface area contributed by atoms with Gasteiger partial charge in [-0.3, -0.25) is 0 Å². The molecule has 0 radical (unpaired) electrons. The first-order valence-corrected chi connectivity index (χ1v) is 6.81. The first kappa shape index (κ1) is 12.3. The van der Waals surface area contributed by atoms with Crippen LogP contribution in [-0.4, -0.2) is 39.5 Å². The molecular weight excluding hydrogens is 202 g/mol. The van der Waals surface area contributed by atoms with Gasteiger partial charge in [-0.25, -0.2) is 0 Å². The first-order chi connectivity index (χ1) is 7.95. The van der Waals surface area contributed by atoms with Gasteiger partial charge in [-0.05, 0) is 57.0 Å². The number of piperidine rings is 1. The van der Waals surface area contributed by atoms with Gasteiger partial charge in [-0.2, -0.15) is 0 Å². The van der Waals surface area contributed by atoms with Gasteiger partial charge in [0.05, 0.1) is 0 Å². The lowest BCUT2D eigenvalue weighted by Crippen LogP contribution is -2.30. The number of hydrogen-bond acceptors (Lipinski definition) is 3. The molecule has 0 spiro atoms. The zero-order chi connectivity index (χ0) is 11.1. The highest BCUT2D eigenvalue weighted by molar-refractivity contribution is 4.69. The van der Waals surface area contributed by atoms with E-state index in [1.165, 1.54) is 45.2 Å². The van der Waals surface area contributed by atoms with Crippen LogP contribution in [0.5, 0.6) is 0 Å². The SMILES string of the molecule is C1CNCC(CCOCC2CCOCC2)C1. The maximum absolute atomic E-state index is 5.79. The minimum Gasteiger partial charge on any atom is -0.381 e. The average molecular weight is 227 g/mol. The minimum atomic E-state index is 0.748. The summed E-state index contributed by atoms with van der Waals surface area (Å²) in [7, 11) is 0. The van der Waals surface area contributed by atoms with Crippen molar-refractivity contribution in [3.63, 3.8) is 0 Å². The maximum atomic E-state index is 5.79. The highest BCUT2D eigenvalue weighted by atomic mass is 16.5. The van der Waals surface area contributed by atoms with Gasteiger partial charge < -0.3 is 14.8 Å². The quantitative estimate of drug-likeness (QED) is 0.727. The van der Waals surface area contributed by atoms with Crippen LogP contribution in [0.1, 0.15) is 32.1 Å². The second-order valence-electron chi connectivity index (χ2n) is 5.13. The van der Waals surface area contributed by atoms with Gasteiger partial charge in [0.15, 0.2) is 0 Å². The first-order valence-electron chi connectivity index (χ1n) is 6.81. The molecule has 0 amide bonds. The normalized spacial score (nSPS) is 28.1. The summed E-state index contributed by atoms with van der Waals surface area (Å²) < 4.78 is 11.1. The molecule has 0 aliphatic carbocycles. The third kappa shape index (κ3) is 4.40. The van der Waals surface area contributed by atoms with E-state index < -0.39 is 0 Å². The summed E-state index contributed by atoms with van der Waals surface area (Å²) in [6, 6.07) is 0. The topological polar surface area (TPSA) is 30.5 Å². The van der Waals surface area contributed by atoms with E-state index in [0.717, 1.165) is 38.3 Å². The van der Waals surface area contributed by atoms with Crippen LogP contribution < -0.4 is 5.32 Å². The maximum Gasteiger partial charge on any atom is 0.0495 e. The van der Waals surface area contributed by atoms with Crippen molar-refractivity contribution < 1.29 is 9.47 Å². The number of hydrogen-bond donors (Lipinski definition) is 1. The molecule has 0 aromatic rings. The summed E-state index contributed by atoms with van der Waals surface area (Å²) in [5, 5.41) is 3.45. The summed E-state index contributed by atoms with van der Waals surface area (Å²) in [5.74, 6) is 1.60. The van der Waals surface area contributed by atoms with Crippen LogP contribution in [0.15, 0.2) is 0 Å². The van der Waals surface area contributed by atoms with Gasteiger partial charge in [0.25, 0.3) is 0 Å². The summed E-state index contributed by atoms with van der Waals surface area (Å²) in [5.41, 5.74) is 0. The van der Waals surface area contributed by atoms with Crippen LogP contribution in [-0.2, 0) is 9.47 Å². The Labute approximate surface area is 98.9 Å². The standard InChI is InChI=1S/C13H25NO2/c1-2-12(10-14-6-1)3-9-16-11-13-4-7-15-8-5-13/h12-14H,1-11H2. The Morgan fingerprint density at radius 1 is 1.12 bits per heavy atom. The van der Waals surface area contributed by atoms with E-state index in [4.69, 9.17) is 9.47 Å². The van der Waals surface area contributed by atoms with Crippen molar-refractivity contribution in [3.8, 4) is 0 Å². The molecule has 2 saturated heterocycles. The molecule has 3 heteroatoms. The fourth-order valence-electron chi connectivity index (χ4n) is 2.58. The van der Waals surface area contributed by atoms with Gasteiger partial charge in [0.2, 0.25) is 0 Å². The van der Waals surface area contributed by atoms with Crippen molar-refractivity contribution >= 4 is 0 Å². The summed E-state index contributed by atoms with van der Waals surface area (Å²) in [6.45, 7) is 6.16. The zero-order valence-corrected chi connectivity index (χ0v) is 10.2. The van der Waals surface area contributed by atoms with E-state index in [9.17, 15) is 0 Å². The van der Waals surface area contributed by atoms with E-state index >= 15 is 0 Å². The molecule has 2 fully saturated rings. The Hall–Kier alpha value is -0.120. The lowest BCUT2D eigenvalue weighted by Gasteiger charge is -2.24. The highest BCUT2D eigenvalue weighted by Crippen LogP contribution is 2.16. The Bertz CT molecular complexity index is 155. The van der Waals surface area contributed by atoms with E-state index in [1.54, 1.807) is 0 Å². The predicted molar refractivity (Wildman–Crippen MR) is 64.6 cm³/mol. The fraction of sp³-hybridized carbons (Fsp3) is 1.00. The lowest BCUT2D eigenvalue weighted by atomic mass is 9.97. The van der Waals surface area contributed by atoms with Gasteiger partial charge in [-0.15, -0.1) is 0 Å². The molecule has 1 unspecified atom stereocenters. The summed E-state index contributed by atoms with van der Waals surface area (Å²) in [4.78, 5) is 0. The third-order valence-corrected chi connectivity index (χ3v) is 3.76. The molecular formula is C13H25NO2. The summed E-state index contributed by atoms with van der Waals surface area (Å²) >= 11 is 0. The van der Waals surface area contributed by atoms with Gasteiger partial charge in [0.1, 0.15) is 0 Å². The molecule has 2 aliphatic rings. The van der Waals surface area contributed by atoms with Gasteiger partial charge >= 0.3 is 0 Å². The molecule has 16 heavy (non-hydrogen) atoms. The van der Waals surface area contributed by atoms with Crippen molar-refractivity contribution in [2.24, 2.45) is 11.8 Å². The summed E-state index contributed by atoms with van der Waals surface area (Å²) in [6.07, 6.45) is 6.32. The van der Waals surface area contributed by atoms with Gasteiger partial charge in [-0.1, -0.05) is 0 Å². The number of nitrogens with one attached hydrogen (secondary N) is 1. The molecule has 94 valence electrons. The van der Waals surface area contributed by atoms with Crippen LogP contribution in [0.2, 0.25) is 0 Å². The Morgan fingerprint density at radius 2 is 2.00 bits per heavy atom. The Morgan fingerprint density at radius 3 is 2.75 bits per heavy atom. The minimum absolute atomic E-state index is 0.748. The number of ether oxygens (including phenoxy) is 2. The zero-order valence-electron chi connectivity index (χ0n) is 10.2. The highest BCUT2D eigenvalue weighted by Gasteiger charge is 2.15. The predicted octanol–water partition coefficient (Wildman–Crippen LogP) is 1.82. The molecule has 3 nitrogen and oxygen atoms in total. The second-order valence-corrected chi connectivity index (χ2v) is 5.13. The largest absolute Gasteiger partial charge is 0.381 e. The van der Waals surface area contributed by atoms with Crippen molar-refractivity contribution in [1.29, 1.82) is 0 Å². The average Bonchev–Trinajstić information content (AvgIpc) is 2.37. The van der Waals surface area contributed by atoms with Crippen molar-refractivity contribution in [1.82, 2.24) is 5.32 Å². The Kier molecular flexibility index (Phi) is 5.59. The Balaban J connectivity index is 1.47. The molecule has 1 N–H and O–H groups in total. The van der Waals surface area contributed by atoms with Gasteiger partial charge in [0, 0.05) is 26.4 Å². The molecule has 0 aromatic heterocycles. The molecule has 0 bridgehead atoms.